The SMILES string of the molecule is NC(C(=O)O)c1cc(Cl)cc2ccoc12. The number of carboxylic acid groups (broad SMARTS) is 1. The zero-order valence-electron chi connectivity index (χ0n) is 7.61. The maximum absolute atomic E-state index is 10.8. The summed E-state index contributed by atoms with van der Waals surface area (Å²) in [7, 11) is 0. The van der Waals surface area contributed by atoms with Gasteiger partial charge in [0.25, 0.3) is 0 Å². The molecule has 5 heteroatoms. The van der Waals surface area contributed by atoms with Crippen molar-refractivity contribution >= 4 is 28.5 Å². The van der Waals surface area contributed by atoms with Crippen molar-refractivity contribution in [3.8, 4) is 0 Å². The van der Waals surface area contributed by atoms with E-state index in [0.29, 0.717) is 16.2 Å². The van der Waals surface area contributed by atoms with Gasteiger partial charge in [-0.05, 0) is 18.2 Å². The van der Waals surface area contributed by atoms with Crippen molar-refractivity contribution in [2.24, 2.45) is 5.73 Å². The molecule has 0 fully saturated rings. The number of halogens is 1. The maximum atomic E-state index is 10.8. The van der Waals surface area contributed by atoms with Gasteiger partial charge in [-0.2, -0.15) is 0 Å². The van der Waals surface area contributed by atoms with Crippen LogP contribution < -0.4 is 5.73 Å². The van der Waals surface area contributed by atoms with Crippen LogP contribution in [0.3, 0.4) is 0 Å². The first kappa shape index (κ1) is 10.0. The quantitative estimate of drug-likeness (QED) is 0.821. The molecule has 1 aromatic carbocycles. The molecule has 0 saturated carbocycles. The number of nitrogens with two attached hydrogens (primary N) is 1. The van der Waals surface area contributed by atoms with Gasteiger partial charge in [-0.3, -0.25) is 4.79 Å². The molecule has 1 atom stereocenters. The minimum atomic E-state index is -1.13. The van der Waals surface area contributed by atoms with Crippen molar-refractivity contribution in [2.45, 2.75) is 6.04 Å². The highest BCUT2D eigenvalue weighted by molar-refractivity contribution is 6.31. The Morgan fingerprint density at radius 3 is 2.93 bits per heavy atom. The molecule has 4 nitrogen and oxygen atoms in total. The Hall–Kier alpha value is -1.52. The fraction of sp³-hybridized carbons (Fsp3) is 0.100. The summed E-state index contributed by atoms with van der Waals surface area (Å²) in [6, 6.07) is 3.78. The van der Waals surface area contributed by atoms with Gasteiger partial charge in [0.15, 0.2) is 0 Å². The lowest BCUT2D eigenvalue weighted by Crippen LogP contribution is -2.20. The molecule has 0 aliphatic heterocycles. The molecule has 0 bridgehead atoms. The summed E-state index contributed by atoms with van der Waals surface area (Å²) in [4.78, 5) is 10.8. The Balaban J connectivity index is 2.67. The minimum Gasteiger partial charge on any atom is -0.480 e. The van der Waals surface area contributed by atoms with Crippen LogP contribution in [0.1, 0.15) is 11.6 Å². The molecular formula is C10H8ClNO3. The number of hydrogen-bond acceptors (Lipinski definition) is 3. The summed E-state index contributed by atoms with van der Waals surface area (Å²) in [5.41, 5.74) is 6.36. The van der Waals surface area contributed by atoms with Crippen molar-refractivity contribution in [3.05, 3.63) is 35.0 Å². The zero-order chi connectivity index (χ0) is 11.0. The second kappa shape index (κ2) is 3.56. The molecule has 1 unspecified atom stereocenters. The number of aliphatic carboxylic acids is 1. The molecule has 0 spiro atoms. The van der Waals surface area contributed by atoms with E-state index in [1.54, 1.807) is 12.1 Å². The first-order valence-electron chi connectivity index (χ1n) is 4.24. The van der Waals surface area contributed by atoms with Gasteiger partial charge in [-0.25, -0.2) is 0 Å². The number of hydrogen-bond donors (Lipinski definition) is 2. The predicted octanol–water partition coefficient (Wildman–Crippen LogP) is 2.17. The highest BCUT2D eigenvalue weighted by atomic mass is 35.5. The van der Waals surface area contributed by atoms with Gasteiger partial charge >= 0.3 is 5.97 Å². The van der Waals surface area contributed by atoms with Crippen LogP contribution in [0.4, 0.5) is 0 Å². The van der Waals surface area contributed by atoms with Crippen LogP contribution in [0.15, 0.2) is 28.9 Å². The monoisotopic (exact) mass is 225 g/mol. The second-order valence-electron chi connectivity index (χ2n) is 3.15. The lowest BCUT2D eigenvalue weighted by molar-refractivity contribution is -0.138. The van der Waals surface area contributed by atoms with Crippen molar-refractivity contribution in [2.75, 3.05) is 0 Å². The lowest BCUT2D eigenvalue weighted by atomic mass is 10.1. The first-order chi connectivity index (χ1) is 7.09. The Kier molecular flexibility index (Phi) is 2.38. The summed E-state index contributed by atoms with van der Waals surface area (Å²) in [6.45, 7) is 0. The van der Waals surface area contributed by atoms with E-state index >= 15 is 0 Å². The summed E-state index contributed by atoms with van der Waals surface area (Å²) in [5.74, 6) is -1.12. The van der Waals surface area contributed by atoms with E-state index in [2.05, 4.69) is 0 Å². The molecule has 3 N–H and O–H groups in total. The largest absolute Gasteiger partial charge is 0.480 e. The minimum absolute atomic E-state index is 0.384. The lowest BCUT2D eigenvalue weighted by Gasteiger charge is -2.07. The van der Waals surface area contributed by atoms with Crippen LogP contribution in [0.25, 0.3) is 11.0 Å². The molecule has 78 valence electrons. The fourth-order valence-corrected chi connectivity index (χ4v) is 1.67. The predicted molar refractivity (Wildman–Crippen MR) is 55.8 cm³/mol. The normalized spacial score (nSPS) is 12.9. The third-order valence-corrected chi connectivity index (χ3v) is 2.36. The standard InChI is InChI=1S/C10H8ClNO3/c11-6-3-5-1-2-15-9(5)7(4-6)8(12)10(13)14/h1-4,8H,12H2,(H,13,14). The topological polar surface area (TPSA) is 76.5 Å². The number of rotatable bonds is 2. The van der Waals surface area contributed by atoms with Gasteiger partial charge in [0.2, 0.25) is 0 Å². The average Bonchev–Trinajstić information content (AvgIpc) is 2.62. The smallest absolute Gasteiger partial charge is 0.325 e. The molecule has 2 rings (SSSR count). The highest BCUT2D eigenvalue weighted by Gasteiger charge is 2.19. The average molecular weight is 226 g/mol. The molecular weight excluding hydrogens is 218 g/mol. The number of fused-ring (bicyclic) bond motifs is 1. The molecule has 0 radical (unpaired) electrons. The van der Waals surface area contributed by atoms with Crippen LogP contribution in [-0.2, 0) is 4.79 Å². The number of carboxylic acids is 1. The molecule has 1 heterocycles. The fourth-order valence-electron chi connectivity index (χ4n) is 1.44. The van der Waals surface area contributed by atoms with Crippen LogP contribution in [-0.4, -0.2) is 11.1 Å². The van der Waals surface area contributed by atoms with E-state index in [9.17, 15) is 4.79 Å². The summed E-state index contributed by atoms with van der Waals surface area (Å²) >= 11 is 5.84. The van der Waals surface area contributed by atoms with Gasteiger partial charge in [0, 0.05) is 16.0 Å². The Bertz CT molecular complexity index is 520. The summed E-state index contributed by atoms with van der Waals surface area (Å²) in [6.07, 6.45) is 1.47. The highest BCUT2D eigenvalue weighted by Crippen LogP contribution is 2.28. The van der Waals surface area contributed by atoms with Gasteiger partial charge < -0.3 is 15.3 Å². The van der Waals surface area contributed by atoms with Crippen LogP contribution in [0, 0.1) is 0 Å². The molecule has 15 heavy (non-hydrogen) atoms. The molecule has 0 amide bonds. The van der Waals surface area contributed by atoms with Gasteiger partial charge in [0.05, 0.1) is 6.26 Å². The van der Waals surface area contributed by atoms with E-state index in [1.165, 1.54) is 12.3 Å². The van der Waals surface area contributed by atoms with Crippen LogP contribution >= 0.6 is 11.6 Å². The zero-order valence-corrected chi connectivity index (χ0v) is 8.36. The van der Waals surface area contributed by atoms with Crippen molar-refractivity contribution < 1.29 is 14.3 Å². The molecule has 1 aromatic heterocycles. The van der Waals surface area contributed by atoms with Gasteiger partial charge in [-0.15, -0.1) is 0 Å². The molecule has 0 aliphatic rings. The number of benzene rings is 1. The van der Waals surface area contributed by atoms with Crippen LogP contribution in [0.2, 0.25) is 5.02 Å². The van der Waals surface area contributed by atoms with E-state index in [0.717, 1.165) is 5.39 Å². The Morgan fingerprint density at radius 2 is 2.27 bits per heavy atom. The third-order valence-electron chi connectivity index (χ3n) is 2.15. The molecule has 0 saturated heterocycles. The Morgan fingerprint density at radius 1 is 1.53 bits per heavy atom. The van der Waals surface area contributed by atoms with Crippen molar-refractivity contribution in [1.29, 1.82) is 0 Å². The second-order valence-corrected chi connectivity index (χ2v) is 3.59. The van der Waals surface area contributed by atoms with E-state index < -0.39 is 12.0 Å². The van der Waals surface area contributed by atoms with Crippen molar-refractivity contribution in [1.82, 2.24) is 0 Å². The number of carbonyl (C=O) groups is 1. The first-order valence-corrected chi connectivity index (χ1v) is 4.62. The van der Waals surface area contributed by atoms with Gasteiger partial charge in [-0.1, -0.05) is 11.6 Å². The third kappa shape index (κ3) is 1.69. The van der Waals surface area contributed by atoms with Crippen molar-refractivity contribution in [3.63, 3.8) is 0 Å². The summed E-state index contributed by atoms with van der Waals surface area (Å²) in [5, 5.41) is 10.00. The molecule has 0 aliphatic carbocycles. The number of furan rings is 1. The molecule has 2 aromatic rings. The van der Waals surface area contributed by atoms with Crippen LogP contribution in [0.5, 0.6) is 0 Å². The van der Waals surface area contributed by atoms with Gasteiger partial charge in [0.1, 0.15) is 11.6 Å². The van der Waals surface area contributed by atoms with E-state index in [1.807, 2.05) is 0 Å². The van der Waals surface area contributed by atoms with E-state index in [4.69, 9.17) is 26.9 Å². The Labute approximate surface area is 90.2 Å². The summed E-state index contributed by atoms with van der Waals surface area (Å²) < 4.78 is 5.17. The maximum Gasteiger partial charge on any atom is 0.325 e. The van der Waals surface area contributed by atoms with E-state index in [-0.39, 0.29) is 0 Å².